The summed E-state index contributed by atoms with van der Waals surface area (Å²) >= 11 is 0. The Labute approximate surface area is 103 Å². The van der Waals surface area contributed by atoms with E-state index in [1.807, 2.05) is 0 Å². The second-order valence-corrected chi connectivity index (χ2v) is 5.57. The minimum Gasteiger partial charge on any atom is -0.306 e. The molecule has 2 fully saturated rings. The lowest BCUT2D eigenvalue weighted by Crippen LogP contribution is -2.52. The summed E-state index contributed by atoms with van der Waals surface area (Å²) in [5.74, 6) is -0.107. The van der Waals surface area contributed by atoms with Crippen molar-refractivity contribution in [3.05, 3.63) is 0 Å². The van der Waals surface area contributed by atoms with Crippen LogP contribution in [0.3, 0.4) is 0 Å². The maximum Gasteiger partial charge on any atom is 0.230 e. The molecule has 2 atom stereocenters. The summed E-state index contributed by atoms with van der Waals surface area (Å²) in [6.07, 6.45) is 4.44. The van der Waals surface area contributed by atoms with Crippen molar-refractivity contribution in [3.63, 3.8) is 0 Å². The zero-order valence-electron chi connectivity index (χ0n) is 10.8. The highest BCUT2D eigenvalue weighted by Crippen LogP contribution is 2.45. The number of hydrogen-bond donors (Lipinski definition) is 1. The molecule has 17 heavy (non-hydrogen) atoms. The highest BCUT2D eigenvalue weighted by atomic mass is 16.2. The lowest BCUT2D eigenvalue weighted by molar-refractivity contribution is -0.144. The largest absolute Gasteiger partial charge is 0.306 e. The summed E-state index contributed by atoms with van der Waals surface area (Å²) in [5.41, 5.74) is -0.0705. The van der Waals surface area contributed by atoms with Crippen LogP contribution in [0.5, 0.6) is 0 Å². The SMILES string of the molecule is CCC1C(=O)NC(=O)CC12CCCN(C)CC2. The van der Waals surface area contributed by atoms with Gasteiger partial charge in [0.15, 0.2) is 0 Å². The average molecular weight is 238 g/mol. The van der Waals surface area contributed by atoms with Crippen molar-refractivity contribution >= 4 is 11.8 Å². The van der Waals surface area contributed by atoms with E-state index in [1.165, 1.54) is 0 Å². The first kappa shape index (κ1) is 12.6. The lowest BCUT2D eigenvalue weighted by atomic mass is 9.64. The molecule has 2 unspecified atom stereocenters. The molecule has 2 aliphatic heterocycles. The van der Waals surface area contributed by atoms with Crippen LogP contribution in [0.25, 0.3) is 0 Å². The predicted octanol–water partition coefficient (Wildman–Crippen LogP) is 1.16. The first-order valence-corrected chi connectivity index (χ1v) is 6.59. The molecular weight excluding hydrogens is 216 g/mol. The fraction of sp³-hybridized carbons (Fsp3) is 0.846. The molecule has 0 aromatic heterocycles. The molecule has 4 nitrogen and oxygen atoms in total. The molecular formula is C13H22N2O2. The molecule has 2 rings (SSSR count). The molecule has 0 radical (unpaired) electrons. The Morgan fingerprint density at radius 1 is 1.35 bits per heavy atom. The molecule has 2 saturated heterocycles. The number of hydrogen-bond acceptors (Lipinski definition) is 3. The Kier molecular flexibility index (Phi) is 3.52. The Bertz CT molecular complexity index is 329. The minimum absolute atomic E-state index is 0.0201. The molecule has 1 N–H and O–H groups in total. The van der Waals surface area contributed by atoms with Gasteiger partial charge in [-0.1, -0.05) is 6.92 Å². The van der Waals surface area contributed by atoms with E-state index in [0.29, 0.717) is 6.42 Å². The first-order chi connectivity index (χ1) is 8.07. The number of carbonyl (C=O) groups excluding carboxylic acids is 2. The van der Waals surface area contributed by atoms with Gasteiger partial charge < -0.3 is 4.90 Å². The summed E-state index contributed by atoms with van der Waals surface area (Å²) in [7, 11) is 2.12. The molecule has 0 aromatic rings. The average Bonchev–Trinajstić information content (AvgIpc) is 2.42. The Balaban J connectivity index is 2.24. The van der Waals surface area contributed by atoms with Crippen molar-refractivity contribution in [1.82, 2.24) is 10.2 Å². The van der Waals surface area contributed by atoms with Crippen molar-refractivity contribution in [2.24, 2.45) is 11.3 Å². The summed E-state index contributed by atoms with van der Waals surface area (Å²) in [4.78, 5) is 25.9. The number of rotatable bonds is 1. The second kappa shape index (κ2) is 4.77. The van der Waals surface area contributed by atoms with E-state index in [1.54, 1.807) is 0 Å². The second-order valence-electron chi connectivity index (χ2n) is 5.57. The Morgan fingerprint density at radius 3 is 2.82 bits per heavy atom. The first-order valence-electron chi connectivity index (χ1n) is 6.59. The van der Waals surface area contributed by atoms with Crippen molar-refractivity contribution < 1.29 is 9.59 Å². The highest BCUT2D eigenvalue weighted by molar-refractivity contribution is 5.99. The summed E-state index contributed by atoms with van der Waals surface area (Å²) in [6, 6.07) is 0. The third-order valence-corrected chi connectivity index (χ3v) is 4.45. The number of likely N-dealkylation sites (tertiary alicyclic amines) is 1. The maximum absolute atomic E-state index is 12.0. The van der Waals surface area contributed by atoms with Gasteiger partial charge in [-0.15, -0.1) is 0 Å². The van der Waals surface area contributed by atoms with Crippen LogP contribution < -0.4 is 5.32 Å². The van der Waals surface area contributed by atoms with Crippen LogP contribution in [-0.2, 0) is 9.59 Å². The van der Waals surface area contributed by atoms with Gasteiger partial charge in [0.2, 0.25) is 11.8 Å². The maximum atomic E-state index is 12.0. The van der Waals surface area contributed by atoms with Gasteiger partial charge in [-0.05, 0) is 51.2 Å². The predicted molar refractivity (Wildman–Crippen MR) is 65.3 cm³/mol. The van der Waals surface area contributed by atoms with Gasteiger partial charge in [0, 0.05) is 12.3 Å². The molecule has 96 valence electrons. The number of nitrogens with one attached hydrogen (secondary N) is 1. The molecule has 1 spiro atoms. The van der Waals surface area contributed by atoms with E-state index in [4.69, 9.17) is 0 Å². The number of nitrogens with zero attached hydrogens (tertiary/aromatic N) is 1. The highest BCUT2D eigenvalue weighted by Gasteiger charge is 2.47. The van der Waals surface area contributed by atoms with Crippen molar-refractivity contribution in [2.75, 3.05) is 20.1 Å². The summed E-state index contributed by atoms with van der Waals surface area (Å²) in [6.45, 7) is 4.13. The minimum atomic E-state index is -0.0794. The fourth-order valence-corrected chi connectivity index (χ4v) is 3.48. The molecule has 0 aliphatic carbocycles. The fourth-order valence-electron chi connectivity index (χ4n) is 3.48. The Morgan fingerprint density at radius 2 is 2.12 bits per heavy atom. The normalized spacial score (nSPS) is 35.8. The monoisotopic (exact) mass is 238 g/mol. The summed E-state index contributed by atoms with van der Waals surface area (Å²) < 4.78 is 0. The Hall–Kier alpha value is -0.900. The third kappa shape index (κ3) is 2.37. The van der Waals surface area contributed by atoms with E-state index in [9.17, 15) is 9.59 Å². The molecule has 0 aromatic carbocycles. The van der Waals surface area contributed by atoms with E-state index < -0.39 is 0 Å². The van der Waals surface area contributed by atoms with Crippen molar-refractivity contribution in [2.45, 2.75) is 39.0 Å². The van der Waals surface area contributed by atoms with Crippen LogP contribution in [-0.4, -0.2) is 36.9 Å². The third-order valence-electron chi connectivity index (χ3n) is 4.45. The topological polar surface area (TPSA) is 49.4 Å². The van der Waals surface area contributed by atoms with Crippen LogP contribution in [0.15, 0.2) is 0 Å². The van der Waals surface area contributed by atoms with Gasteiger partial charge in [0.1, 0.15) is 0 Å². The van der Waals surface area contributed by atoms with E-state index in [0.717, 1.165) is 38.8 Å². The van der Waals surface area contributed by atoms with Crippen LogP contribution in [0.1, 0.15) is 39.0 Å². The van der Waals surface area contributed by atoms with Gasteiger partial charge in [0.05, 0.1) is 0 Å². The molecule has 4 heteroatoms. The number of carbonyl (C=O) groups is 2. The quantitative estimate of drug-likeness (QED) is 0.697. The molecule has 0 saturated carbocycles. The van der Waals surface area contributed by atoms with E-state index in [-0.39, 0.29) is 23.1 Å². The number of imide groups is 1. The van der Waals surface area contributed by atoms with Gasteiger partial charge in [0.25, 0.3) is 0 Å². The molecule has 2 aliphatic rings. The molecule has 0 bridgehead atoms. The van der Waals surface area contributed by atoms with Gasteiger partial charge >= 0.3 is 0 Å². The summed E-state index contributed by atoms with van der Waals surface area (Å²) in [5, 5.41) is 2.49. The van der Waals surface area contributed by atoms with E-state index >= 15 is 0 Å². The van der Waals surface area contributed by atoms with Crippen LogP contribution >= 0.6 is 0 Å². The van der Waals surface area contributed by atoms with Crippen LogP contribution in [0.2, 0.25) is 0 Å². The van der Waals surface area contributed by atoms with Gasteiger partial charge in [-0.2, -0.15) is 0 Å². The van der Waals surface area contributed by atoms with E-state index in [2.05, 4.69) is 24.2 Å². The number of amides is 2. The van der Waals surface area contributed by atoms with Crippen molar-refractivity contribution in [3.8, 4) is 0 Å². The van der Waals surface area contributed by atoms with Crippen LogP contribution in [0.4, 0.5) is 0 Å². The zero-order valence-corrected chi connectivity index (χ0v) is 10.8. The van der Waals surface area contributed by atoms with Gasteiger partial charge in [-0.3, -0.25) is 14.9 Å². The van der Waals surface area contributed by atoms with Gasteiger partial charge in [-0.25, -0.2) is 0 Å². The molecule has 2 heterocycles. The smallest absolute Gasteiger partial charge is 0.230 e. The molecule has 2 amide bonds. The van der Waals surface area contributed by atoms with Crippen LogP contribution in [0, 0.1) is 11.3 Å². The number of piperidine rings is 1. The van der Waals surface area contributed by atoms with Crippen molar-refractivity contribution in [1.29, 1.82) is 0 Å². The standard InChI is InChI=1S/C13H22N2O2/c1-3-10-12(17)14-11(16)9-13(10)5-4-7-15(2)8-6-13/h10H,3-9H2,1-2H3,(H,14,16,17). The lowest BCUT2D eigenvalue weighted by Gasteiger charge is -2.41. The zero-order chi connectivity index (χ0) is 12.5.